The third kappa shape index (κ3) is 2.90. The minimum absolute atomic E-state index is 0.0761. The van der Waals surface area contributed by atoms with Crippen molar-refractivity contribution in [2.75, 3.05) is 12.8 Å². The second-order valence-corrected chi connectivity index (χ2v) is 5.58. The predicted molar refractivity (Wildman–Crippen MR) is 83.1 cm³/mol. The van der Waals surface area contributed by atoms with Crippen LogP contribution in [0.5, 0.6) is 11.5 Å². The summed E-state index contributed by atoms with van der Waals surface area (Å²) in [6, 6.07) is 5.60. The van der Waals surface area contributed by atoms with Crippen LogP contribution >= 0.6 is 15.9 Å². The maximum Gasteiger partial charge on any atom is 0.162 e. The van der Waals surface area contributed by atoms with Crippen LogP contribution in [0, 0.1) is 0 Å². The summed E-state index contributed by atoms with van der Waals surface area (Å²) in [7, 11) is 3.42. The summed E-state index contributed by atoms with van der Waals surface area (Å²) in [5.41, 5.74) is 7.51. The number of hydrogen-bond donors (Lipinski definition) is 1. The summed E-state index contributed by atoms with van der Waals surface area (Å²) in [5, 5.41) is 4.37. The summed E-state index contributed by atoms with van der Waals surface area (Å²) in [6.07, 6.45) is 0.0761. The number of nitrogens with two attached hydrogens (primary N) is 1. The first-order valence-corrected chi connectivity index (χ1v) is 7.05. The first kappa shape index (κ1) is 14.7. The van der Waals surface area contributed by atoms with E-state index in [0.717, 1.165) is 15.7 Å². The fourth-order valence-corrected chi connectivity index (χ4v) is 2.38. The monoisotopic (exact) mass is 339 g/mol. The van der Waals surface area contributed by atoms with Gasteiger partial charge in [0.1, 0.15) is 5.82 Å². The van der Waals surface area contributed by atoms with Gasteiger partial charge in [0.05, 0.1) is 18.9 Å². The molecule has 0 saturated heterocycles. The van der Waals surface area contributed by atoms with E-state index in [-0.39, 0.29) is 6.10 Å². The van der Waals surface area contributed by atoms with Crippen molar-refractivity contribution in [3.8, 4) is 22.8 Å². The Morgan fingerprint density at radius 3 is 2.45 bits per heavy atom. The van der Waals surface area contributed by atoms with Crippen LogP contribution in [0.2, 0.25) is 0 Å². The Labute approximate surface area is 126 Å². The summed E-state index contributed by atoms with van der Waals surface area (Å²) in [4.78, 5) is 0. The summed E-state index contributed by atoms with van der Waals surface area (Å²) < 4.78 is 13.6. The second-order valence-electron chi connectivity index (χ2n) is 4.73. The number of halogens is 1. The number of benzene rings is 1. The maximum absolute atomic E-state index is 5.82. The molecule has 1 aromatic heterocycles. The van der Waals surface area contributed by atoms with Crippen molar-refractivity contribution in [1.82, 2.24) is 9.78 Å². The zero-order valence-corrected chi connectivity index (χ0v) is 13.6. The van der Waals surface area contributed by atoms with Gasteiger partial charge in [-0.1, -0.05) is 0 Å². The van der Waals surface area contributed by atoms with Gasteiger partial charge < -0.3 is 15.2 Å². The van der Waals surface area contributed by atoms with E-state index < -0.39 is 0 Å². The molecule has 6 heteroatoms. The van der Waals surface area contributed by atoms with Crippen LogP contribution in [0.1, 0.15) is 13.8 Å². The Morgan fingerprint density at radius 2 is 1.95 bits per heavy atom. The lowest BCUT2D eigenvalue weighted by molar-refractivity contribution is 0.230. The van der Waals surface area contributed by atoms with Gasteiger partial charge in [0.2, 0.25) is 0 Å². The Morgan fingerprint density at radius 1 is 1.25 bits per heavy atom. The van der Waals surface area contributed by atoms with Crippen molar-refractivity contribution in [3.63, 3.8) is 0 Å². The molecule has 0 aliphatic rings. The molecule has 0 atom stereocenters. The van der Waals surface area contributed by atoms with Crippen LogP contribution in [-0.2, 0) is 7.05 Å². The molecule has 0 bridgehead atoms. The fraction of sp³-hybridized carbons (Fsp3) is 0.357. The summed E-state index contributed by atoms with van der Waals surface area (Å²) in [6.45, 7) is 3.95. The third-order valence-electron chi connectivity index (χ3n) is 2.81. The average molecular weight is 340 g/mol. The lowest BCUT2D eigenvalue weighted by Gasteiger charge is -2.15. The van der Waals surface area contributed by atoms with E-state index >= 15 is 0 Å². The number of aromatic nitrogens is 2. The first-order chi connectivity index (χ1) is 9.42. The van der Waals surface area contributed by atoms with E-state index in [1.54, 1.807) is 18.8 Å². The number of rotatable bonds is 4. The van der Waals surface area contributed by atoms with Gasteiger partial charge in [-0.3, -0.25) is 4.68 Å². The molecule has 20 heavy (non-hydrogen) atoms. The zero-order valence-electron chi connectivity index (χ0n) is 12.0. The molecule has 1 aromatic carbocycles. The lowest BCUT2D eigenvalue weighted by atomic mass is 10.1. The molecule has 0 amide bonds. The molecule has 1 heterocycles. The molecule has 0 radical (unpaired) electrons. The van der Waals surface area contributed by atoms with Crippen molar-refractivity contribution in [2.45, 2.75) is 20.0 Å². The highest BCUT2D eigenvalue weighted by Gasteiger charge is 2.15. The molecule has 0 saturated carbocycles. The SMILES string of the molecule is COc1cc(-c2cc(N)n(C)n2)c(Br)cc1OC(C)C. The van der Waals surface area contributed by atoms with Gasteiger partial charge in [-0.05, 0) is 41.9 Å². The molecular weight excluding hydrogens is 322 g/mol. The highest BCUT2D eigenvalue weighted by atomic mass is 79.9. The molecule has 0 aliphatic heterocycles. The van der Waals surface area contributed by atoms with E-state index in [4.69, 9.17) is 15.2 Å². The lowest BCUT2D eigenvalue weighted by Crippen LogP contribution is -2.07. The fourth-order valence-electron chi connectivity index (χ4n) is 1.85. The Kier molecular flexibility index (Phi) is 4.23. The number of hydrogen-bond acceptors (Lipinski definition) is 4. The molecule has 2 aromatic rings. The van der Waals surface area contributed by atoms with Crippen molar-refractivity contribution in [3.05, 3.63) is 22.7 Å². The number of nitrogens with zero attached hydrogens (tertiary/aromatic N) is 2. The zero-order chi connectivity index (χ0) is 14.9. The Bertz CT molecular complexity index is 604. The highest BCUT2D eigenvalue weighted by molar-refractivity contribution is 9.10. The topological polar surface area (TPSA) is 62.3 Å². The van der Waals surface area contributed by atoms with E-state index in [1.807, 2.05) is 32.0 Å². The van der Waals surface area contributed by atoms with Crippen LogP contribution in [0.15, 0.2) is 22.7 Å². The largest absolute Gasteiger partial charge is 0.493 e. The molecule has 2 rings (SSSR count). The third-order valence-corrected chi connectivity index (χ3v) is 3.46. The summed E-state index contributed by atoms with van der Waals surface area (Å²) >= 11 is 3.55. The molecule has 0 fully saturated rings. The predicted octanol–water partition coefficient (Wildman–Crippen LogP) is 3.23. The number of aryl methyl sites for hydroxylation is 1. The molecule has 0 aliphatic carbocycles. The number of anilines is 1. The highest BCUT2D eigenvalue weighted by Crippen LogP contribution is 2.38. The Balaban J connectivity index is 2.50. The molecule has 0 spiro atoms. The standard InChI is InChI=1S/C14H18BrN3O2/c1-8(2)20-13-6-10(15)9(5-12(13)19-4)11-7-14(16)18(3)17-11/h5-8H,16H2,1-4H3. The summed E-state index contributed by atoms with van der Waals surface area (Å²) in [5.74, 6) is 1.97. The van der Waals surface area contributed by atoms with Gasteiger partial charge >= 0.3 is 0 Å². The van der Waals surface area contributed by atoms with E-state index in [1.165, 1.54) is 0 Å². The van der Waals surface area contributed by atoms with E-state index in [9.17, 15) is 0 Å². The smallest absolute Gasteiger partial charge is 0.162 e. The van der Waals surface area contributed by atoms with E-state index in [0.29, 0.717) is 17.3 Å². The average Bonchev–Trinajstić information content (AvgIpc) is 2.69. The number of methoxy groups -OCH3 is 1. The van der Waals surface area contributed by atoms with E-state index in [2.05, 4.69) is 21.0 Å². The van der Waals surface area contributed by atoms with Crippen LogP contribution in [0.4, 0.5) is 5.82 Å². The number of nitrogen functional groups attached to an aromatic ring is 1. The second kappa shape index (κ2) is 5.75. The van der Waals surface area contributed by atoms with Crippen LogP contribution < -0.4 is 15.2 Å². The Hall–Kier alpha value is -1.69. The maximum atomic E-state index is 5.82. The normalized spacial score (nSPS) is 10.9. The van der Waals surface area contributed by atoms with Crippen molar-refractivity contribution in [1.29, 1.82) is 0 Å². The molecule has 108 valence electrons. The van der Waals surface area contributed by atoms with Gasteiger partial charge in [0.15, 0.2) is 11.5 Å². The molecule has 0 unspecified atom stereocenters. The van der Waals surface area contributed by atoms with Crippen LogP contribution in [0.25, 0.3) is 11.3 Å². The molecule has 2 N–H and O–H groups in total. The first-order valence-electron chi connectivity index (χ1n) is 6.26. The van der Waals surface area contributed by atoms with Gasteiger partial charge in [-0.15, -0.1) is 0 Å². The van der Waals surface area contributed by atoms with Gasteiger partial charge in [-0.25, -0.2) is 0 Å². The van der Waals surface area contributed by atoms with Crippen LogP contribution in [-0.4, -0.2) is 23.0 Å². The molecule has 5 nitrogen and oxygen atoms in total. The van der Waals surface area contributed by atoms with Crippen LogP contribution in [0.3, 0.4) is 0 Å². The van der Waals surface area contributed by atoms with Crippen molar-refractivity contribution in [2.24, 2.45) is 7.05 Å². The number of ether oxygens (including phenoxy) is 2. The molecular formula is C14H18BrN3O2. The van der Waals surface area contributed by atoms with Crippen molar-refractivity contribution >= 4 is 21.7 Å². The van der Waals surface area contributed by atoms with Crippen molar-refractivity contribution < 1.29 is 9.47 Å². The minimum Gasteiger partial charge on any atom is -0.493 e. The van der Waals surface area contributed by atoms with Gasteiger partial charge in [0, 0.05) is 23.2 Å². The van der Waals surface area contributed by atoms with Gasteiger partial charge in [-0.2, -0.15) is 5.10 Å². The quantitative estimate of drug-likeness (QED) is 0.928. The van der Waals surface area contributed by atoms with Gasteiger partial charge in [0.25, 0.3) is 0 Å². The minimum atomic E-state index is 0.0761.